The van der Waals surface area contributed by atoms with Crippen LogP contribution in [0, 0.1) is 0 Å². The van der Waals surface area contributed by atoms with Gasteiger partial charge in [-0.3, -0.25) is 0 Å². The molecule has 2 aromatic rings. The van der Waals surface area contributed by atoms with Crippen molar-refractivity contribution in [2.75, 3.05) is 13.7 Å². The molecule has 0 unspecified atom stereocenters. The van der Waals surface area contributed by atoms with Crippen molar-refractivity contribution in [1.82, 2.24) is 5.31 Å². The van der Waals surface area contributed by atoms with E-state index in [1.54, 1.807) is 0 Å². The molecule has 0 aliphatic rings. The minimum atomic E-state index is -0.630. The Balaban J connectivity index is 2.16. The lowest BCUT2D eigenvalue weighted by atomic mass is 9.88. The van der Waals surface area contributed by atoms with E-state index in [1.807, 2.05) is 36.4 Å². The molecule has 0 aliphatic carbocycles. The van der Waals surface area contributed by atoms with Crippen LogP contribution in [0.5, 0.6) is 0 Å². The van der Waals surface area contributed by atoms with Crippen molar-refractivity contribution >= 4 is 6.09 Å². The summed E-state index contributed by atoms with van der Waals surface area (Å²) in [5, 5.41) is 0.860. The van der Waals surface area contributed by atoms with Gasteiger partial charge in [0, 0.05) is 12.5 Å². The van der Waals surface area contributed by atoms with E-state index in [0.29, 0.717) is 13.0 Å². The lowest BCUT2D eigenvalue weighted by Crippen LogP contribution is -2.25. The number of hydrogen-bond donors (Lipinski definition) is 1. The van der Waals surface area contributed by atoms with E-state index < -0.39 is 6.09 Å². The van der Waals surface area contributed by atoms with E-state index in [1.165, 1.54) is 18.2 Å². The number of benzene rings is 2. The number of alkyl carbamates (subject to hydrolysis) is 1. The van der Waals surface area contributed by atoms with Gasteiger partial charge < -0.3 is 10.0 Å². The van der Waals surface area contributed by atoms with Crippen LogP contribution in [0.15, 0.2) is 60.7 Å². The maximum absolute atomic E-state index is 11.3. The van der Waals surface area contributed by atoms with Crippen molar-refractivity contribution in [2.45, 2.75) is 12.3 Å². The minimum absolute atomic E-state index is 0.157. The molecule has 0 fully saturated rings. The Morgan fingerprint density at radius 3 is 2.05 bits per heavy atom. The number of amides is 1. The molecule has 1 N–H and O–H groups in total. The number of hydrogen-bond acceptors (Lipinski definition) is 2. The molecule has 2 aromatic carbocycles. The van der Waals surface area contributed by atoms with E-state index in [-0.39, 0.29) is 5.92 Å². The summed E-state index contributed by atoms with van der Waals surface area (Å²) in [5.41, 5.74) is 2.36. The van der Waals surface area contributed by atoms with Gasteiger partial charge in [0.25, 0.3) is 0 Å². The first kappa shape index (κ1) is 12.7. The molecule has 0 aliphatic heterocycles. The van der Waals surface area contributed by atoms with Crippen LogP contribution in [0.3, 0.4) is 0 Å². The maximum atomic E-state index is 11.3. The average molecular weight is 270 g/mol. The zero-order valence-electron chi connectivity index (χ0n) is 12.5. The van der Waals surface area contributed by atoms with Crippen LogP contribution in [0.1, 0.15) is 23.5 Å². The molecular formula is C17H19NO2. The van der Waals surface area contributed by atoms with Gasteiger partial charge in [0.1, 0.15) is 0 Å². The highest BCUT2D eigenvalue weighted by molar-refractivity contribution is 5.66. The minimum Gasteiger partial charge on any atom is -0.453 e. The SMILES string of the molecule is [2H]N(CCC(c1ccccc1)c1ccccc1)C(=O)OC. The predicted molar refractivity (Wildman–Crippen MR) is 79.8 cm³/mol. The van der Waals surface area contributed by atoms with Crippen LogP contribution in [-0.4, -0.2) is 19.7 Å². The molecule has 0 aromatic heterocycles. The van der Waals surface area contributed by atoms with Crippen LogP contribution in [0.4, 0.5) is 4.79 Å². The quantitative estimate of drug-likeness (QED) is 0.902. The van der Waals surface area contributed by atoms with Gasteiger partial charge in [-0.2, -0.15) is 0 Å². The molecule has 0 radical (unpaired) electrons. The highest BCUT2D eigenvalue weighted by Gasteiger charge is 2.13. The third-order valence-corrected chi connectivity index (χ3v) is 3.24. The zero-order chi connectivity index (χ0) is 15.1. The van der Waals surface area contributed by atoms with Crippen LogP contribution in [-0.2, 0) is 4.74 Å². The molecule has 0 bridgehead atoms. The second kappa shape index (κ2) is 7.34. The fraction of sp³-hybridized carbons (Fsp3) is 0.235. The first-order valence-corrected chi connectivity index (χ1v) is 6.66. The average Bonchev–Trinajstić information content (AvgIpc) is 2.56. The monoisotopic (exact) mass is 270 g/mol. The normalized spacial score (nSPS) is 11.0. The summed E-state index contributed by atoms with van der Waals surface area (Å²) in [4.78, 5) is 11.3. The van der Waals surface area contributed by atoms with Crippen LogP contribution in [0.25, 0.3) is 0 Å². The first-order chi connectivity index (χ1) is 10.2. The predicted octanol–water partition coefficient (Wildman–Crippen LogP) is 3.56. The lowest BCUT2D eigenvalue weighted by Gasteiger charge is -2.18. The summed E-state index contributed by atoms with van der Waals surface area (Å²) in [6, 6.07) is 20.3. The molecule has 104 valence electrons. The summed E-state index contributed by atoms with van der Waals surface area (Å²) in [6.45, 7) is 0.321. The molecule has 1 amide bonds. The summed E-state index contributed by atoms with van der Waals surface area (Å²) in [6.07, 6.45) is 0.0435. The number of rotatable bonds is 5. The molecule has 0 spiro atoms. The van der Waals surface area contributed by atoms with Gasteiger partial charge in [-0.05, 0) is 17.5 Å². The summed E-state index contributed by atoms with van der Waals surface area (Å²) >= 11 is 0. The van der Waals surface area contributed by atoms with Crippen LogP contribution in [0.2, 0.25) is 1.41 Å². The molecule has 2 rings (SSSR count). The maximum Gasteiger partial charge on any atom is 0.406 e. The summed E-state index contributed by atoms with van der Waals surface area (Å²) < 4.78 is 12.2. The molecule has 0 heterocycles. The van der Waals surface area contributed by atoms with Gasteiger partial charge in [0.05, 0.1) is 7.11 Å². The van der Waals surface area contributed by atoms with E-state index >= 15 is 0 Å². The third kappa shape index (κ3) is 3.85. The standard InChI is InChI=1S/C17H19NO2/c1-20-17(19)18-13-12-16(14-8-4-2-5-9-14)15-10-6-3-7-11-15/h2-11,16H,12-13H2,1H3,(H,18,19)/i/hD. The van der Waals surface area contributed by atoms with Gasteiger partial charge in [0.2, 0.25) is 0 Å². The van der Waals surface area contributed by atoms with Gasteiger partial charge in [-0.1, -0.05) is 60.7 Å². The Morgan fingerprint density at radius 1 is 1.10 bits per heavy atom. The highest BCUT2D eigenvalue weighted by Crippen LogP contribution is 2.27. The van der Waals surface area contributed by atoms with Crippen molar-refractivity contribution in [1.29, 1.82) is 0 Å². The largest absolute Gasteiger partial charge is 0.453 e. The number of methoxy groups -OCH3 is 1. The van der Waals surface area contributed by atoms with Crippen molar-refractivity contribution in [2.24, 2.45) is 0 Å². The number of carbonyl (C=O) groups is 1. The smallest absolute Gasteiger partial charge is 0.406 e. The zero-order valence-corrected chi connectivity index (χ0v) is 11.5. The first-order valence-electron chi connectivity index (χ1n) is 7.11. The Kier molecular flexibility index (Phi) is 4.67. The van der Waals surface area contributed by atoms with Crippen LogP contribution < -0.4 is 5.31 Å². The van der Waals surface area contributed by atoms with Crippen molar-refractivity contribution in [3.8, 4) is 0 Å². The Hall–Kier alpha value is -2.29. The Bertz CT molecular complexity index is 520. The van der Waals surface area contributed by atoms with E-state index in [4.69, 9.17) is 1.41 Å². The number of carbonyl (C=O) groups excluding carboxylic acids is 1. The van der Waals surface area contributed by atoms with Gasteiger partial charge in [-0.15, -0.1) is 0 Å². The molecule has 0 saturated heterocycles. The second-order valence-corrected chi connectivity index (χ2v) is 4.51. The second-order valence-electron chi connectivity index (χ2n) is 4.51. The Morgan fingerprint density at radius 2 is 1.60 bits per heavy atom. The van der Waals surface area contributed by atoms with Gasteiger partial charge in [-0.25, -0.2) is 4.79 Å². The molecular weight excluding hydrogens is 250 g/mol. The van der Waals surface area contributed by atoms with Crippen molar-refractivity contribution in [3.05, 3.63) is 71.8 Å². The van der Waals surface area contributed by atoms with Crippen LogP contribution >= 0.6 is 0 Å². The van der Waals surface area contributed by atoms with E-state index in [2.05, 4.69) is 29.0 Å². The van der Waals surface area contributed by atoms with E-state index in [0.717, 1.165) is 5.31 Å². The fourth-order valence-corrected chi connectivity index (χ4v) is 2.25. The highest BCUT2D eigenvalue weighted by atomic mass is 16.5. The molecule has 0 saturated carbocycles. The number of ether oxygens (including phenoxy) is 1. The van der Waals surface area contributed by atoms with Gasteiger partial charge >= 0.3 is 6.09 Å². The fourth-order valence-electron chi connectivity index (χ4n) is 2.25. The molecule has 3 heteroatoms. The summed E-state index contributed by atoms with van der Waals surface area (Å²) in [5.74, 6) is 0.157. The summed E-state index contributed by atoms with van der Waals surface area (Å²) in [7, 11) is 1.29. The molecule has 0 atom stereocenters. The number of nitrogens with one attached hydrogen (secondary N) is 1. The molecule has 3 nitrogen and oxygen atoms in total. The topological polar surface area (TPSA) is 38.3 Å². The van der Waals surface area contributed by atoms with Crippen molar-refractivity contribution in [3.63, 3.8) is 0 Å². The van der Waals surface area contributed by atoms with Gasteiger partial charge in [0.15, 0.2) is 1.41 Å². The molecule has 20 heavy (non-hydrogen) atoms. The van der Waals surface area contributed by atoms with Crippen molar-refractivity contribution < 1.29 is 10.9 Å². The third-order valence-electron chi connectivity index (χ3n) is 3.24. The Labute approximate surface area is 121 Å². The lowest BCUT2D eigenvalue weighted by molar-refractivity contribution is 0.171. The van der Waals surface area contributed by atoms with E-state index in [9.17, 15) is 4.79 Å².